The van der Waals surface area contributed by atoms with Crippen molar-refractivity contribution in [2.75, 3.05) is 26.2 Å². The molecule has 1 saturated carbocycles. The molecule has 0 bridgehead atoms. The number of hydrogen-bond donors (Lipinski definition) is 2. The summed E-state index contributed by atoms with van der Waals surface area (Å²) in [4.78, 5) is 7.33. The normalized spacial score (nSPS) is 19.6. The minimum atomic E-state index is 0. The highest BCUT2D eigenvalue weighted by atomic mass is 127. The van der Waals surface area contributed by atoms with E-state index in [1.165, 1.54) is 50.0 Å². The van der Waals surface area contributed by atoms with E-state index in [4.69, 9.17) is 4.99 Å². The third kappa shape index (κ3) is 4.39. The standard InChI is InChI=1S/C17H29N5.HI/c1-3-18-16(22-11-9-17(13-22)7-5-8-17)19-10-4-6-15-12-20-21-14(15)2;/h12H,3-11,13H2,1-2H3,(H,18,19)(H,20,21);1H. The van der Waals surface area contributed by atoms with Gasteiger partial charge in [0.05, 0.1) is 6.20 Å². The Morgan fingerprint density at radius 2 is 2.26 bits per heavy atom. The lowest BCUT2D eigenvalue weighted by molar-refractivity contribution is 0.151. The molecule has 0 amide bonds. The van der Waals surface area contributed by atoms with Gasteiger partial charge in [-0.2, -0.15) is 5.10 Å². The molecule has 23 heavy (non-hydrogen) atoms. The molecule has 1 aromatic heterocycles. The maximum Gasteiger partial charge on any atom is 0.193 e. The molecule has 1 aliphatic heterocycles. The molecule has 6 heteroatoms. The van der Waals surface area contributed by atoms with Crippen molar-refractivity contribution in [3.8, 4) is 0 Å². The number of aliphatic imine (C=N–C) groups is 1. The Morgan fingerprint density at radius 1 is 1.43 bits per heavy atom. The maximum atomic E-state index is 4.85. The first kappa shape index (κ1) is 18.5. The number of H-pyrrole nitrogens is 1. The largest absolute Gasteiger partial charge is 0.357 e. The van der Waals surface area contributed by atoms with E-state index in [2.05, 4.69) is 34.3 Å². The van der Waals surface area contributed by atoms with E-state index in [0.29, 0.717) is 5.41 Å². The fourth-order valence-electron chi connectivity index (χ4n) is 3.71. The highest BCUT2D eigenvalue weighted by Gasteiger charge is 2.43. The molecular weight excluding hydrogens is 401 g/mol. The second kappa shape index (κ2) is 8.35. The van der Waals surface area contributed by atoms with Crippen molar-refractivity contribution in [2.24, 2.45) is 10.4 Å². The summed E-state index contributed by atoms with van der Waals surface area (Å²) in [5.41, 5.74) is 3.13. The molecule has 2 heterocycles. The van der Waals surface area contributed by atoms with E-state index in [1.807, 2.05) is 6.20 Å². The molecule has 2 aliphatic rings. The lowest BCUT2D eigenvalue weighted by Gasteiger charge is -2.38. The third-order valence-electron chi connectivity index (χ3n) is 5.29. The van der Waals surface area contributed by atoms with Crippen molar-refractivity contribution >= 4 is 29.9 Å². The summed E-state index contributed by atoms with van der Waals surface area (Å²) >= 11 is 0. The third-order valence-corrected chi connectivity index (χ3v) is 5.29. The topological polar surface area (TPSA) is 56.3 Å². The summed E-state index contributed by atoms with van der Waals surface area (Å²) in [6, 6.07) is 0. The first-order valence-electron chi connectivity index (χ1n) is 8.74. The lowest BCUT2D eigenvalue weighted by atomic mass is 9.68. The Hall–Kier alpha value is -0.790. The molecule has 1 aliphatic carbocycles. The summed E-state index contributed by atoms with van der Waals surface area (Å²) in [7, 11) is 0. The van der Waals surface area contributed by atoms with Gasteiger partial charge in [-0.15, -0.1) is 24.0 Å². The Bertz CT molecular complexity index is 521. The number of guanidine groups is 1. The van der Waals surface area contributed by atoms with Crippen LogP contribution in [0, 0.1) is 12.3 Å². The number of aryl methyl sites for hydroxylation is 2. The zero-order chi connectivity index (χ0) is 15.4. The molecule has 3 rings (SSSR count). The van der Waals surface area contributed by atoms with Gasteiger partial charge in [0.25, 0.3) is 0 Å². The summed E-state index contributed by atoms with van der Waals surface area (Å²) in [5.74, 6) is 1.12. The molecule has 2 fully saturated rings. The zero-order valence-electron chi connectivity index (χ0n) is 14.4. The van der Waals surface area contributed by atoms with Gasteiger partial charge in [-0.1, -0.05) is 6.42 Å². The highest BCUT2D eigenvalue weighted by Crippen LogP contribution is 2.47. The summed E-state index contributed by atoms with van der Waals surface area (Å²) < 4.78 is 0. The first-order valence-corrected chi connectivity index (χ1v) is 8.74. The molecule has 0 radical (unpaired) electrons. The number of aromatic nitrogens is 2. The summed E-state index contributed by atoms with van der Waals surface area (Å²) in [6.07, 6.45) is 9.68. The average Bonchev–Trinajstić information content (AvgIpc) is 3.09. The number of nitrogens with zero attached hydrogens (tertiary/aromatic N) is 3. The average molecular weight is 431 g/mol. The van der Waals surface area contributed by atoms with E-state index < -0.39 is 0 Å². The molecule has 0 aromatic carbocycles. The fourth-order valence-corrected chi connectivity index (χ4v) is 3.71. The van der Waals surface area contributed by atoms with Crippen LogP contribution >= 0.6 is 24.0 Å². The summed E-state index contributed by atoms with van der Waals surface area (Å²) in [6.45, 7) is 8.45. The van der Waals surface area contributed by atoms with E-state index in [-0.39, 0.29) is 24.0 Å². The number of aromatic amines is 1. The Morgan fingerprint density at radius 3 is 2.83 bits per heavy atom. The highest BCUT2D eigenvalue weighted by molar-refractivity contribution is 14.0. The predicted octanol–water partition coefficient (Wildman–Crippen LogP) is 3.11. The summed E-state index contributed by atoms with van der Waals surface area (Å²) in [5, 5.41) is 10.6. The van der Waals surface area contributed by atoms with Crippen LogP contribution in [0.2, 0.25) is 0 Å². The second-order valence-corrected chi connectivity index (χ2v) is 6.88. The van der Waals surface area contributed by atoms with Crippen molar-refractivity contribution in [3.63, 3.8) is 0 Å². The van der Waals surface area contributed by atoms with Gasteiger partial charge in [-0.25, -0.2) is 0 Å². The monoisotopic (exact) mass is 431 g/mol. The molecule has 130 valence electrons. The minimum absolute atomic E-state index is 0. The van der Waals surface area contributed by atoms with Crippen molar-refractivity contribution in [2.45, 2.75) is 52.4 Å². The number of halogens is 1. The minimum Gasteiger partial charge on any atom is -0.357 e. The molecule has 1 saturated heterocycles. The van der Waals surface area contributed by atoms with Crippen molar-refractivity contribution in [3.05, 3.63) is 17.5 Å². The van der Waals surface area contributed by atoms with Gasteiger partial charge in [-0.05, 0) is 56.9 Å². The van der Waals surface area contributed by atoms with Gasteiger partial charge in [0, 0.05) is 31.9 Å². The van der Waals surface area contributed by atoms with Crippen LogP contribution in [0.3, 0.4) is 0 Å². The van der Waals surface area contributed by atoms with Gasteiger partial charge in [0.2, 0.25) is 0 Å². The van der Waals surface area contributed by atoms with E-state index >= 15 is 0 Å². The molecule has 1 aromatic rings. The smallest absolute Gasteiger partial charge is 0.193 e. The predicted molar refractivity (Wildman–Crippen MR) is 106 cm³/mol. The fraction of sp³-hybridized carbons (Fsp3) is 0.765. The van der Waals surface area contributed by atoms with Crippen LogP contribution in [0.5, 0.6) is 0 Å². The quantitative estimate of drug-likeness (QED) is 0.326. The molecule has 0 atom stereocenters. The number of rotatable bonds is 5. The van der Waals surface area contributed by atoms with Crippen LogP contribution in [-0.2, 0) is 6.42 Å². The van der Waals surface area contributed by atoms with Gasteiger partial charge in [0.15, 0.2) is 5.96 Å². The van der Waals surface area contributed by atoms with Crippen LogP contribution in [0.1, 0.15) is 50.3 Å². The Labute approximate surface area is 156 Å². The number of nitrogens with one attached hydrogen (secondary N) is 2. The SMILES string of the molecule is CCNC(=NCCCc1cn[nH]c1C)N1CCC2(CCC2)C1.I. The van der Waals surface area contributed by atoms with E-state index in [0.717, 1.165) is 31.9 Å². The molecular formula is C17H30IN5. The van der Waals surface area contributed by atoms with Crippen LogP contribution in [0.25, 0.3) is 0 Å². The van der Waals surface area contributed by atoms with Crippen LogP contribution in [0.4, 0.5) is 0 Å². The van der Waals surface area contributed by atoms with Crippen molar-refractivity contribution in [1.29, 1.82) is 0 Å². The Balaban J connectivity index is 0.00000192. The van der Waals surface area contributed by atoms with Crippen molar-refractivity contribution < 1.29 is 0 Å². The second-order valence-electron chi connectivity index (χ2n) is 6.88. The molecule has 2 N–H and O–H groups in total. The maximum absolute atomic E-state index is 4.85. The number of hydrogen-bond acceptors (Lipinski definition) is 2. The molecule has 5 nitrogen and oxygen atoms in total. The van der Waals surface area contributed by atoms with Gasteiger partial charge < -0.3 is 10.2 Å². The van der Waals surface area contributed by atoms with Gasteiger partial charge in [0.1, 0.15) is 0 Å². The van der Waals surface area contributed by atoms with Crippen LogP contribution in [0.15, 0.2) is 11.2 Å². The molecule has 1 spiro atoms. The van der Waals surface area contributed by atoms with Crippen LogP contribution in [-0.4, -0.2) is 47.2 Å². The van der Waals surface area contributed by atoms with E-state index in [9.17, 15) is 0 Å². The number of likely N-dealkylation sites (tertiary alicyclic amines) is 1. The Kier molecular flexibility index (Phi) is 6.73. The van der Waals surface area contributed by atoms with Crippen LogP contribution < -0.4 is 5.32 Å². The van der Waals surface area contributed by atoms with Gasteiger partial charge in [-0.3, -0.25) is 10.1 Å². The van der Waals surface area contributed by atoms with Crippen molar-refractivity contribution in [1.82, 2.24) is 20.4 Å². The zero-order valence-corrected chi connectivity index (χ0v) is 16.7. The first-order chi connectivity index (χ1) is 10.7. The van der Waals surface area contributed by atoms with E-state index in [1.54, 1.807) is 0 Å². The lowest BCUT2D eigenvalue weighted by Crippen LogP contribution is -2.42. The molecule has 0 unspecified atom stereocenters. The van der Waals surface area contributed by atoms with Gasteiger partial charge >= 0.3 is 0 Å².